The summed E-state index contributed by atoms with van der Waals surface area (Å²) < 4.78 is 6.05. The number of fused-ring (bicyclic) bond motifs is 8. The van der Waals surface area contributed by atoms with Crippen molar-refractivity contribution in [2.75, 3.05) is 6.61 Å². The van der Waals surface area contributed by atoms with Gasteiger partial charge in [-0.15, -0.1) is 0 Å². The van der Waals surface area contributed by atoms with Crippen molar-refractivity contribution in [3.8, 4) is 11.1 Å². The Morgan fingerprint density at radius 1 is 0.921 bits per heavy atom. The molecule has 0 heterocycles. The SMILES string of the molecule is C=C1CCC2C3C(=O)C=C4C[C@@H](C(=O)OCC5c6ccccc6-c6ccccc65)CC[C@]4(C)C3CC[C@]12C. The van der Waals surface area contributed by atoms with Crippen molar-refractivity contribution in [2.45, 2.75) is 64.7 Å². The van der Waals surface area contributed by atoms with Gasteiger partial charge in [-0.25, -0.2) is 0 Å². The van der Waals surface area contributed by atoms with E-state index >= 15 is 0 Å². The smallest absolute Gasteiger partial charge is 0.309 e. The maximum absolute atomic E-state index is 13.6. The summed E-state index contributed by atoms with van der Waals surface area (Å²) in [5.41, 5.74) is 7.66. The lowest BCUT2D eigenvalue weighted by molar-refractivity contribution is -0.151. The number of hydrogen-bond donors (Lipinski definition) is 0. The third-order valence-corrected chi connectivity index (χ3v) is 11.6. The molecule has 0 aromatic heterocycles. The van der Waals surface area contributed by atoms with Crippen LogP contribution in [-0.4, -0.2) is 18.4 Å². The van der Waals surface area contributed by atoms with Gasteiger partial charge in [0.05, 0.1) is 5.92 Å². The van der Waals surface area contributed by atoms with Gasteiger partial charge in [-0.05, 0) is 95.9 Å². The fraction of sp³-hybridized carbons (Fsp3) is 0.486. The van der Waals surface area contributed by atoms with E-state index in [1.54, 1.807) is 0 Å². The molecule has 5 aliphatic rings. The van der Waals surface area contributed by atoms with Crippen molar-refractivity contribution in [2.24, 2.45) is 34.5 Å². The van der Waals surface area contributed by atoms with Crippen LogP contribution in [-0.2, 0) is 14.3 Å². The maximum atomic E-state index is 13.6. The first kappa shape index (κ1) is 24.1. The zero-order valence-electron chi connectivity index (χ0n) is 22.7. The fourth-order valence-corrected chi connectivity index (χ4v) is 9.24. The first-order chi connectivity index (χ1) is 18.3. The van der Waals surface area contributed by atoms with Gasteiger partial charge in [-0.1, -0.05) is 80.1 Å². The number of benzene rings is 2. The topological polar surface area (TPSA) is 43.4 Å². The summed E-state index contributed by atoms with van der Waals surface area (Å²) in [6.45, 7) is 9.49. The summed E-state index contributed by atoms with van der Waals surface area (Å²) in [5, 5.41) is 0. The monoisotopic (exact) mass is 506 g/mol. The van der Waals surface area contributed by atoms with Crippen molar-refractivity contribution in [3.63, 3.8) is 0 Å². The molecule has 3 saturated carbocycles. The van der Waals surface area contributed by atoms with Gasteiger partial charge in [0.2, 0.25) is 0 Å². The number of carbonyl (C=O) groups is 2. The van der Waals surface area contributed by atoms with Crippen molar-refractivity contribution in [1.82, 2.24) is 0 Å². The molecule has 0 spiro atoms. The molecule has 3 unspecified atom stereocenters. The number of ketones is 1. The van der Waals surface area contributed by atoms with Gasteiger partial charge >= 0.3 is 5.97 Å². The van der Waals surface area contributed by atoms with Crippen LogP contribution in [0.2, 0.25) is 0 Å². The number of allylic oxidation sites excluding steroid dienone is 3. The van der Waals surface area contributed by atoms with Crippen molar-refractivity contribution < 1.29 is 14.3 Å². The highest BCUT2D eigenvalue weighted by Crippen LogP contribution is 2.65. The minimum absolute atomic E-state index is 0.0178. The number of ether oxygens (including phenoxy) is 1. The zero-order chi connectivity index (χ0) is 26.2. The van der Waals surface area contributed by atoms with E-state index in [4.69, 9.17) is 4.74 Å². The minimum Gasteiger partial charge on any atom is -0.464 e. The molecule has 7 rings (SSSR count). The molecule has 0 N–H and O–H groups in total. The third kappa shape index (κ3) is 3.33. The summed E-state index contributed by atoms with van der Waals surface area (Å²) in [6.07, 6.45) is 8.82. The molecule has 0 aliphatic heterocycles. The zero-order valence-corrected chi connectivity index (χ0v) is 22.7. The van der Waals surface area contributed by atoms with Gasteiger partial charge in [0.15, 0.2) is 5.78 Å². The summed E-state index contributed by atoms with van der Waals surface area (Å²) in [6, 6.07) is 16.9. The van der Waals surface area contributed by atoms with Gasteiger partial charge in [0, 0.05) is 11.8 Å². The first-order valence-electron chi connectivity index (χ1n) is 14.6. The standard InChI is InChI=1S/C35H38O3/c1-21-12-13-29-32-30(15-17-34(21,29)2)35(3)16-14-22(18-23(35)19-31(32)36)33(37)38-20-28-26-10-6-4-8-24(26)25-9-5-7-11-27(25)28/h4-11,19,22,28-30,32H,1,12-18,20H2,2-3H3/t22-,29?,30?,32?,34+,35-/m0/s1. The van der Waals surface area contributed by atoms with E-state index < -0.39 is 0 Å². The molecule has 3 fully saturated rings. The lowest BCUT2D eigenvalue weighted by atomic mass is 9.47. The number of rotatable bonds is 3. The predicted octanol–water partition coefficient (Wildman–Crippen LogP) is 7.66. The van der Waals surface area contributed by atoms with Crippen LogP contribution >= 0.6 is 0 Å². The van der Waals surface area contributed by atoms with Crippen LogP contribution in [0.3, 0.4) is 0 Å². The number of carbonyl (C=O) groups excluding carboxylic acids is 2. The summed E-state index contributed by atoms with van der Waals surface area (Å²) in [4.78, 5) is 27.0. The van der Waals surface area contributed by atoms with Crippen LogP contribution < -0.4 is 0 Å². The van der Waals surface area contributed by atoms with Gasteiger partial charge in [0.25, 0.3) is 0 Å². The Kier molecular flexibility index (Phi) is 5.42. The Balaban J connectivity index is 1.08. The average molecular weight is 507 g/mol. The van der Waals surface area contributed by atoms with Crippen LogP contribution in [0, 0.1) is 34.5 Å². The van der Waals surface area contributed by atoms with E-state index in [1.807, 2.05) is 6.08 Å². The second kappa shape index (κ2) is 8.53. The molecule has 0 amide bonds. The Hall–Kier alpha value is -2.94. The van der Waals surface area contributed by atoms with Crippen LogP contribution in [0.25, 0.3) is 11.1 Å². The maximum Gasteiger partial charge on any atom is 0.309 e. The van der Waals surface area contributed by atoms with E-state index in [2.05, 4.69) is 69.0 Å². The van der Waals surface area contributed by atoms with E-state index in [9.17, 15) is 9.59 Å². The third-order valence-electron chi connectivity index (χ3n) is 11.6. The summed E-state index contributed by atoms with van der Waals surface area (Å²) in [5.74, 6) is 1.06. The molecule has 3 heteroatoms. The molecule has 0 bridgehead atoms. The second-order valence-electron chi connectivity index (χ2n) is 13.1. The van der Waals surface area contributed by atoms with Crippen molar-refractivity contribution in [1.29, 1.82) is 0 Å². The normalized spacial score (nSPS) is 35.5. The van der Waals surface area contributed by atoms with Gasteiger partial charge in [-0.2, -0.15) is 0 Å². The Labute approximate surface area is 226 Å². The lowest BCUT2D eigenvalue weighted by Gasteiger charge is -2.56. The Morgan fingerprint density at radius 2 is 1.55 bits per heavy atom. The minimum atomic E-state index is -0.161. The van der Waals surface area contributed by atoms with Crippen LogP contribution in [0.15, 0.2) is 72.3 Å². The second-order valence-corrected chi connectivity index (χ2v) is 13.1. The van der Waals surface area contributed by atoms with Gasteiger partial charge < -0.3 is 4.74 Å². The lowest BCUT2D eigenvalue weighted by Crippen LogP contribution is -2.52. The Morgan fingerprint density at radius 3 is 2.26 bits per heavy atom. The molecule has 2 aromatic rings. The molecule has 38 heavy (non-hydrogen) atoms. The fourth-order valence-electron chi connectivity index (χ4n) is 9.24. The summed E-state index contributed by atoms with van der Waals surface area (Å²) >= 11 is 0. The van der Waals surface area contributed by atoms with Crippen molar-refractivity contribution in [3.05, 3.63) is 83.5 Å². The van der Waals surface area contributed by atoms with E-state index in [1.165, 1.54) is 33.4 Å². The Bertz CT molecular complexity index is 1340. The van der Waals surface area contributed by atoms with Gasteiger partial charge in [-0.3, -0.25) is 9.59 Å². The first-order valence-corrected chi connectivity index (χ1v) is 14.6. The highest BCUT2D eigenvalue weighted by atomic mass is 16.5. The number of hydrogen-bond acceptors (Lipinski definition) is 3. The largest absolute Gasteiger partial charge is 0.464 e. The van der Waals surface area contributed by atoms with E-state index in [0.717, 1.165) is 38.5 Å². The van der Waals surface area contributed by atoms with Crippen LogP contribution in [0.4, 0.5) is 0 Å². The van der Waals surface area contributed by atoms with Crippen LogP contribution in [0.5, 0.6) is 0 Å². The predicted molar refractivity (Wildman–Crippen MR) is 149 cm³/mol. The van der Waals surface area contributed by atoms with Gasteiger partial charge in [0.1, 0.15) is 6.61 Å². The molecule has 196 valence electrons. The molecule has 6 atom stereocenters. The van der Waals surface area contributed by atoms with Crippen molar-refractivity contribution >= 4 is 11.8 Å². The molecule has 0 saturated heterocycles. The molecule has 5 aliphatic carbocycles. The van der Waals surface area contributed by atoms with E-state index in [-0.39, 0.29) is 34.6 Å². The molecule has 3 nitrogen and oxygen atoms in total. The van der Waals surface area contributed by atoms with Crippen LogP contribution in [0.1, 0.15) is 75.8 Å². The number of esters is 1. The molecule has 2 aromatic carbocycles. The van der Waals surface area contributed by atoms with E-state index in [0.29, 0.717) is 30.6 Å². The molecule has 0 radical (unpaired) electrons. The molecular formula is C35H38O3. The summed E-state index contributed by atoms with van der Waals surface area (Å²) in [7, 11) is 0. The quantitative estimate of drug-likeness (QED) is 0.317. The molecular weight excluding hydrogens is 468 g/mol. The highest BCUT2D eigenvalue weighted by Gasteiger charge is 2.59. The highest BCUT2D eigenvalue weighted by molar-refractivity contribution is 5.95. The average Bonchev–Trinajstić information content (AvgIpc) is 3.41.